The molecular formula is C20H15ClN6S. The number of halogens is 1. The zero-order valence-corrected chi connectivity index (χ0v) is 16.5. The minimum atomic E-state index is 0.526. The monoisotopic (exact) mass is 406 g/mol. The summed E-state index contributed by atoms with van der Waals surface area (Å²) < 4.78 is 3.69. The molecule has 4 rings (SSSR count). The summed E-state index contributed by atoms with van der Waals surface area (Å²) in [6.45, 7) is 1.85. The summed E-state index contributed by atoms with van der Waals surface area (Å²) in [5.41, 5.74) is 3.92. The molecule has 0 radical (unpaired) electrons. The predicted molar refractivity (Wildman–Crippen MR) is 109 cm³/mol. The van der Waals surface area contributed by atoms with Crippen molar-refractivity contribution in [2.24, 2.45) is 0 Å². The van der Waals surface area contributed by atoms with Gasteiger partial charge in [-0.1, -0.05) is 47.6 Å². The lowest BCUT2D eigenvalue weighted by Gasteiger charge is -2.09. The quantitative estimate of drug-likeness (QED) is 0.453. The number of hydrogen-bond donors (Lipinski definition) is 0. The molecule has 138 valence electrons. The fraction of sp³-hybridized carbons (Fsp3) is 0.100. The van der Waals surface area contributed by atoms with E-state index in [0.717, 1.165) is 17.1 Å². The van der Waals surface area contributed by atoms with Gasteiger partial charge < -0.3 is 0 Å². The molecule has 0 saturated carbocycles. The molecule has 8 heteroatoms. The standard InChI is InChI=1S/C20H15ClN6S/c1-14-18(11-22)19(27(25-14)16-7-3-2-4-8-16)12-28-20-24-23-13-26(20)17-9-5-6-15(21)10-17/h2-10,13H,12H2,1H3. The second kappa shape index (κ2) is 7.89. The smallest absolute Gasteiger partial charge is 0.195 e. The first-order chi connectivity index (χ1) is 13.7. The SMILES string of the molecule is Cc1nn(-c2ccccc2)c(CSc2nncn2-c2cccc(Cl)c2)c1C#N. The van der Waals surface area contributed by atoms with Gasteiger partial charge in [-0.3, -0.25) is 4.57 Å². The first-order valence-corrected chi connectivity index (χ1v) is 9.86. The highest BCUT2D eigenvalue weighted by Gasteiger charge is 2.18. The number of nitriles is 1. The third-order valence-electron chi connectivity index (χ3n) is 4.21. The number of aromatic nitrogens is 5. The molecule has 0 fully saturated rings. The van der Waals surface area contributed by atoms with E-state index in [-0.39, 0.29) is 0 Å². The molecule has 2 aromatic heterocycles. The van der Waals surface area contributed by atoms with Crippen molar-refractivity contribution in [1.29, 1.82) is 5.26 Å². The van der Waals surface area contributed by atoms with Crippen LogP contribution in [0.2, 0.25) is 5.02 Å². The van der Waals surface area contributed by atoms with Gasteiger partial charge in [0, 0.05) is 10.8 Å². The van der Waals surface area contributed by atoms with E-state index in [0.29, 0.717) is 27.2 Å². The first-order valence-electron chi connectivity index (χ1n) is 8.50. The van der Waals surface area contributed by atoms with Crippen molar-refractivity contribution < 1.29 is 0 Å². The van der Waals surface area contributed by atoms with Gasteiger partial charge in [0.15, 0.2) is 5.16 Å². The Labute approximate surface area is 171 Å². The van der Waals surface area contributed by atoms with Crippen molar-refractivity contribution in [3.63, 3.8) is 0 Å². The van der Waals surface area contributed by atoms with E-state index in [1.807, 2.05) is 70.8 Å². The van der Waals surface area contributed by atoms with Crippen LogP contribution in [-0.2, 0) is 5.75 Å². The van der Waals surface area contributed by atoms with Crippen molar-refractivity contribution in [3.8, 4) is 17.4 Å². The van der Waals surface area contributed by atoms with Gasteiger partial charge in [-0.2, -0.15) is 10.4 Å². The van der Waals surface area contributed by atoms with Crippen LogP contribution in [0.3, 0.4) is 0 Å². The molecule has 0 bridgehead atoms. The largest absolute Gasteiger partial charge is 0.277 e. The van der Waals surface area contributed by atoms with E-state index in [1.165, 1.54) is 11.8 Å². The van der Waals surface area contributed by atoms with Crippen LogP contribution in [0.5, 0.6) is 0 Å². The van der Waals surface area contributed by atoms with Gasteiger partial charge in [0.1, 0.15) is 12.4 Å². The van der Waals surface area contributed by atoms with E-state index in [4.69, 9.17) is 11.6 Å². The number of hydrogen-bond acceptors (Lipinski definition) is 5. The number of para-hydroxylation sites is 1. The second-order valence-electron chi connectivity index (χ2n) is 6.02. The number of nitrogens with zero attached hydrogens (tertiary/aromatic N) is 6. The lowest BCUT2D eigenvalue weighted by molar-refractivity contribution is 0.825. The first kappa shape index (κ1) is 18.3. The zero-order valence-electron chi connectivity index (χ0n) is 15.0. The third kappa shape index (κ3) is 3.52. The van der Waals surface area contributed by atoms with Gasteiger partial charge in [0.25, 0.3) is 0 Å². The lowest BCUT2D eigenvalue weighted by Crippen LogP contribution is -2.03. The topological polar surface area (TPSA) is 72.3 Å². The van der Waals surface area contributed by atoms with Gasteiger partial charge in [-0.15, -0.1) is 10.2 Å². The molecule has 2 aromatic carbocycles. The van der Waals surface area contributed by atoms with Crippen molar-refractivity contribution in [3.05, 3.63) is 82.9 Å². The van der Waals surface area contributed by atoms with Crippen LogP contribution in [0.25, 0.3) is 11.4 Å². The lowest BCUT2D eigenvalue weighted by atomic mass is 10.2. The minimum Gasteiger partial charge on any atom is -0.277 e. The molecule has 6 nitrogen and oxygen atoms in total. The summed E-state index contributed by atoms with van der Waals surface area (Å²) in [5, 5.41) is 23.8. The van der Waals surface area contributed by atoms with Crippen LogP contribution < -0.4 is 0 Å². The van der Waals surface area contributed by atoms with Crippen molar-refractivity contribution in [1.82, 2.24) is 24.5 Å². The molecule has 0 atom stereocenters. The van der Waals surface area contributed by atoms with Crippen LogP contribution >= 0.6 is 23.4 Å². The molecular weight excluding hydrogens is 392 g/mol. The van der Waals surface area contributed by atoms with E-state index in [2.05, 4.69) is 21.4 Å². The maximum Gasteiger partial charge on any atom is 0.195 e. The number of thioether (sulfide) groups is 1. The normalized spacial score (nSPS) is 10.8. The molecule has 0 aliphatic rings. The third-order valence-corrected chi connectivity index (χ3v) is 5.40. The number of benzene rings is 2. The molecule has 0 aliphatic heterocycles. The molecule has 0 spiro atoms. The Balaban J connectivity index is 1.67. The summed E-state index contributed by atoms with van der Waals surface area (Å²) in [4.78, 5) is 0. The van der Waals surface area contributed by atoms with Crippen LogP contribution in [0, 0.1) is 18.3 Å². The molecule has 0 saturated heterocycles. The summed E-state index contributed by atoms with van der Waals surface area (Å²) in [6, 6.07) is 19.6. The van der Waals surface area contributed by atoms with Crippen molar-refractivity contribution >= 4 is 23.4 Å². The number of rotatable bonds is 5. The Morgan fingerprint density at radius 3 is 2.64 bits per heavy atom. The molecule has 0 aliphatic carbocycles. The van der Waals surface area contributed by atoms with Crippen LogP contribution in [0.1, 0.15) is 17.0 Å². The molecule has 0 amide bonds. The van der Waals surface area contributed by atoms with E-state index < -0.39 is 0 Å². The Hall–Kier alpha value is -3.08. The van der Waals surface area contributed by atoms with Gasteiger partial charge in [-0.05, 0) is 37.3 Å². The highest BCUT2D eigenvalue weighted by molar-refractivity contribution is 7.98. The van der Waals surface area contributed by atoms with Crippen LogP contribution in [0.15, 0.2) is 66.1 Å². The number of aryl methyl sites for hydroxylation is 1. The fourth-order valence-electron chi connectivity index (χ4n) is 2.90. The van der Waals surface area contributed by atoms with Crippen LogP contribution in [-0.4, -0.2) is 24.5 Å². The Morgan fingerprint density at radius 2 is 1.89 bits per heavy atom. The molecule has 0 unspecified atom stereocenters. The predicted octanol–water partition coefficient (Wildman–Crippen LogP) is 4.58. The Kier molecular flexibility index (Phi) is 5.15. The van der Waals surface area contributed by atoms with Gasteiger partial charge >= 0.3 is 0 Å². The highest BCUT2D eigenvalue weighted by Crippen LogP contribution is 2.28. The highest BCUT2D eigenvalue weighted by atomic mass is 35.5. The average Bonchev–Trinajstić information content (AvgIpc) is 3.30. The maximum atomic E-state index is 9.62. The zero-order chi connectivity index (χ0) is 19.5. The second-order valence-corrected chi connectivity index (χ2v) is 7.40. The van der Waals surface area contributed by atoms with Crippen molar-refractivity contribution in [2.45, 2.75) is 17.8 Å². The van der Waals surface area contributed by atoms with Crippen LogP contribution in [0.4, 0.5) is 0 Å². The van der Waals surface area contributed by atoms with Gasteiger partial charge in [0.05, 0.1) is 28.3 Å². The Bertz CT molecular complexity index is 1160. The summed E-state index contributed by atoms with van der Waals surface area (Å²) >= 11 is 7.60. The van der Waals surface area contributed by atoms with E-state index in [9.17, 15) is 5.26 Å². The minimum absolute atomic E-state index is 0.526. The van der Waals surface area contributed by atoms with Gasteiger partial charge in [0.2, 0.25) is 0 Å². The Morgan fingerprint density at radius 1 is 1.11 bits per heavy atom. The molecule has 4 aromatic rings. The average molecular weight is 407 g/mol. The molecule has 0 N–H and O–H groups in total. The summed E-state index contributed by atoms with van der Waals surface area (Å²) in [5.74, 6) is 0.526. The van der Waals surface area contributed by atoms with Gasteiger partial charge in [-0.25, -0.2) is 4.68 Å². The molecule has 28 heavy (non-hydrogen) atoms. The fourth-order valence-corrected chi connectivity index (χ4v) is 4.01. The maximum absolute atomic E-state index is 9.62. The van der Waals surface area contributed by atoms with E-state index >= 15 is 0 Å². The summed E-state index contributed by atoms with van der Waals surface area (Å²) in [6.07, 6.45) is 1.65. The summed E-state index contributed by atoms with van der Waals surface area (Å²) in [7, 11) is 0. The van der Waals surface area contributed by atoms with Crippen molar-refractivity contribution in [2.75, 3.05) is 0 Å². The molecule has 2 heterocycles. The van der Waals surface area contributed by atoms with E-state index in [1.54, 1.807) is 6.33 Å².